The average molecular weight is 336 g/mol. The lowest BCUT2D eigenvalue weighted by Crippen LogP contribution is -2.46. The van der Waals surface area contributed by atoms with Crippen molar-refractivity contribution in [2.45, 2.75) is 32.2 Å². The highest BCUT2D eigenvalue weighted by Gasteiger charge is 2.21. The lowest BCUT2D eigenvalue weighted by atomic mass is 10.0. The van der Waals surface area contributed by atoms with Crippen molar-refractivity contribution in [2.75, 3.05) is 13.1 Å². The van der Waals surface area contributed by atoms with Gasteiger partial charge in [0.05, 0.1) is 6.42 Å². The van der Waals surface area contributed by atoms with Gasteiger partial charge in [-0.15, -0.1) is 0 Å². The molecule has 0 aromatic heterocycles. The molecule has 0 spiro atoms. The molecule has 130 valence electrons. The number of piperidine rings is 1. The summed E-state index contributed by atoms with van der Waals surface area (Å²) in [6.07, 6.45) is 2.05. The average Bonchev–Trinajstić information content (AvgIpc) is 2.63. The molecule has 0 atom stereocenters. The van der Waals surface area contributed by atoms with E-state index in [-0.39, 0.29) is 17.9 Å². The molecule has 4 heteroatoms. The predicted molar refractivity (Wildman–Crippen MR) is 99.0 cm³/mol. The van der Waals surface area contributed by atoms with E-state index in [0.717, 1.165) is 37.1 Å². The number of likely N-dealkylation sites (tertiary alicyclic amines) is 1. The number of hydrogen-bond acceptors (Lipinski definition) is 2. The van der Waals surface area contributed by atoms with Gasteiger partial charge in [0.25, 0.3) is 0 Å². The zero-order valence-corrected chi connectivity index (χ0v) is 14.6. The normalized spacial score (nSPS) is 15.0. The van der Waals surface area contributed by atoms with Gasteiger partial charge >= 0.3 is 0 Å². The maximum Gasteiger partial charge on any atom is 0.224 e. The highest BCUT2D eigenvalue weighted by atomic mass is 16.2. The number of amides is 2. The summed E-state index contributed by atoms with van der Waals surface area (Å²) in [5.41, 5.74) is 3.34. The van der Waals surface area contributed by atoms with Gasteiger partial charge < -0.3 is 10.2 Å². The first-order chi connectivity index (χ1) is 12.1. The van der Waals surface area contributed by atoms with E-state index >= 15 is 0 Å². The Labute approximate surface area is 148 Å². The molecule has 3 rings (SSSR count). The maximum atomic E-state index is 12.3. The van der Waals surface area contributed by atoms with E-state index in [0.29, 0.717) is 6.42 Å². The topological polar surface area (TPSA) is 49.4 Å². The Morgan fingerprint density at radius 3 is 2.16 bits per heavy atom. The molecule has 2 aromatic rings. The number of nitrogens with one attached hydrogen (secondary N) is 1. The van der Waals surface area contributed by atoms with Crippen LogP contribution in [0.25, 0.3) is 11.1 Å². The van der Waals surface area contributed by atoms with Crippen molar-refractivity contribution in [3.05, 3.63) is 60.2 Å². The summed E-state index contributed by atoms with van der Waals surface area (Å²) >= 11 is 0. The van der Waals surface area contributed by atoms with E-state index in [9.17, 15) is 9.59 Å². The summed E-state index contributed by atoms with van der Waals surface area (Å²) in [5.74, 6) is 0.164. The van der Waals surface area contributed by atoms with Gasteiger partial charge in [-0.05, 0) is 29.5 Å². The Kier molecular flexibility index (Phi) is 5.49. The number of hydrogen-bond donors (Lipinski definition) is 1. The molecule has 0 aliphatic carbocycles. The van der Waals surface area contributed by atoms with Crippen LogP contribution >= 0.6 is 0 Å². The molecule has 0 saturated carbocycles. The van der Waals surface area contributed by atoms with Crippen LogP contribution in [0.5, 0.6) is 0 Å². The first kappa shape index (κ1) is 17.2. The molecule has 2 aromatic carbocycles. The van der Waals surface area contributed by atoms with Gasteiger partial charge in [0.15, 0.2) is 0 Å². The lowest BCUT2D eigenvalue weighted by Gasteiger charge is -2.31. The largest absolute Gasteiger partial charge is 0.353 e. The third-order valence-electron chi connectivity index (χ3n) is 4.73. The smallest absolute Gasteiger partial charge is 0.224 e. The summed E-state index contributed by atoms with van der Waals surface area (Å²) in [6, 6.07) is 18.5. The molecule has 1 N–H and O–H groups in total. The molecule has 1 saturated heterocycles. The summed E-state index contributed by atoms with van der Waals surface area (Å²) < 4.78 is 0. The monoisotopic (exact) mass is 336 g/mol. The van der Waals surface area contributed by atoms with Gasteiger partial charge in [0.1, 0.15) is 0 Å². The van der Waals surface area contributed by atoms with Crippen molar-refractivity contribution in [1.29, 1.82) is 0 Å². The van der Waals surface area contributed by atoms with Crippen molar-refractivity contribution >= 4 is 11.8 Å². The van der Waals surface area contributed by atoms with E-state index in [2.05, 4.69) is 29.6 Å². The third-order valence-corrected chi connectivity index (χ3v) is 4.73. The van der Waals surface area contributed by atoms with Crippen molar-refractivity contribution in [2.24, 2.45) is 0 Å². The van der Waals surface area contributed by atoms with Gasteiger partial charge in [0.2, 0.25) is 11.8 Å². The molecule has 1 aliphatic heterocycles. The first-order valence-corrected chi connectivity index (χ1v) is 8.81. The number of rotatable bonds is 4. The molecule has 0 bridgehead atoms. The Hall–Kier alpha value is -2.62. The van der Waals surface area contributed by atoms with Crippen molar-refractivity contribution in [1.82, 2.24) is 10.2 Å². The third kappa shape index (κ3) is 4.69. The van der Waals surface area contributed by atoms with Gasteiger partial charge in [-0.1, -0.05) is 54.6 Å². The zero-order chi connectivity index (χ0) is 17.6. The van der Waals surface area contributed by atoms with Crippen LogP contribution in [0.2, 0.25) is 0 Å². The van der Waals surface area contributed by atoms with E-state index in [1.165, 1.54) is 5.56 Å². The minimum absolute atomic E-state index is 0.0498. The van der Waals surface area contributed by atoms with Crippen molar-refractivity contribution in [3.63, 3.8) is 0 Å². The fourth-order valence-corrected chi connectivity index (χ4v) is 3.25. The van der Waals surface area contributed by atoms with Crippen LogP contribution in [0.15, 0.2) is 54.6 Å². The van der Waals surface area contributed by atoms with Crippen LogP contribution in [-0.2, 0) is 16.0 Å². The molecule has 0 unspecified atom stereocenters. The second-order valence-corrected chi connectivity index (χ2v) is 6.59. The summed E-state index contributed by atoms with van der Waals surface area (Å²) in [4.78, 5) is 25.4. The number of carbonyl (C=O) groups is 2. The minimum atomic E-state index is 0.0498. The van der Waals surface area contributed by atoms with E-state index in [4.69, 9.17) is 0 Å². The summed E-state index contributed by atoms with van der Waals surface area (Å²) in [6.45, 7) is 3.05. The molecule has 4 nitrogen and oxygen atoms in total. The number of nitrogens with zero attached hydrogens (tertiary/aromatic N) is 1. The summed E-state index contributed by atoms with van der Waals surface area (Å²) in [7, 11) is 0. The molecule has 1 aliphatic rings. The van der Waals surface area contributed by atoms with Gasteiger partial charge in [-0.3, -0.25) is 9.59 Å². The molecule has 0 radical (unpaired) electrons. The highest BCUT2D eigenvalue weighted by Crippen LogP contribution is 2.19. The Bertz CT molecular complexity index is 717. The van der Waals surface area contributed by atoms with Crippen LogP contribution in [-0.4, -0.2) is 35.8 Å². The van der Waals surface area contributed by atoms with Crippen LogP contribution in [0.3, 0.4) is 0 Å². The second kappa shape index (κ2) is 7.97. The van der Waals surface area contributed by atoms with E-state index in [1.54, 1.807) is 6.92 Å². The van der Waals surface area contributed by atoms with Crippen LogP contribution < -0.4 is 5.32 Å². The molecule has 1 heterocycles. The fourth-order valence-electron chi connectivity index (χ4n) is 3.25. The Morgan fingerprint density at radius 1 is 0.960 bits per heavy atom. The van der Waals surface area contributed by atoms with Crippen molar-refractivity contribution < 1.29 is 9.59 Å². The Balaban J connectivity index is 1.51. The zero-order valence-electron chi connectivity index (χ0n) is 14.6. The molecule has 2 amide bonds. The van der Waals surface area contributed by atoms with Gasteiger partial charge in [0, 0.05) is 26.1 Å². The highest BCUT2D eigenvalue weighted by molar-refractivity contribution is 5.79. The maximum absolute atomic E-state index is 12.3. The first-order valence-electron chi connectivity index (χ1n) is 8.81. The van der Waals surface area contributed by atoms with Crippen LogP contribution in [0.4, 0.5) is 0 Å². The lowest BCUT2D eigenvalue weighted by molar-refractivity contribution is -0.130. The van der Waals surface area contributed by atoms with Crippen LogP contribution in [0.1, 0.15) is 25.3 Å². The second-order valence-electron chi connectivity index (χ2n) is 6.59. The minimum Gasteiger partial charge on any atom is -0.353 e. The molecular weight excluding hydrogens is 312 g/mol. The molecule has 1 fully saturated rings. The number of benzene rings is 2. The summed E-state index contributed by atoms with van der Waals surface area (Å²) in [5, 5.41) is 3.10. The van der Waals surface area contributed by atoms with E-state index < -0.39 is 0 Å². The predicted octanol–water partition coefficient (Wildman–Crippen LogP) is 3.02. The van der Waals surface area contributed by atoms with E-state index in [1.807, 2.05) is 35.2 Å². The molecule has 25 heavy (non-hydrogen) atoms. The van der Waals surface area contributed by atoms with Gasteiger partial charge in [-0.2, -0.15) is 0 Å². The SMILES string of the molecule is CC(=O)N1CCC(NC(=O)Cc2ccc(-c3ccccc3)cc2)CC1. The fraction of sp³-hybridized carbons (Fsp3) is 0.333. The van der Waals surface area contributed by atoms with Crippen LogP contribution in [0, 0.1) is 0 Å². The molecular formula is C21H24N2O2. The quantitative estimate of drug-likeness (QED) is 0.933. The number of carbonyl (C=O) groups excluding carboxylic acids is 2. The van der Waals surface area contributed by atoms with Crippen molar-refractivity contribution in [3.8, 4) is 11.1 Å². The standard InChI is InChI=1S/C21H24N2O2/c1-16(24)23-13-11-20(12-14-23)22-21(25)15-17-7-9-19(10-8-17)18-5-3-2-4-6-18/h2-10,20H,11-15H2,1H3,(H,22,25). The Morgan fingerprint density at radius 2 is 1.56 bits per heavy atom. The van der Waals surface area contributed by atoms with Gasteiger partial charge in [-0.25, -0.2) is 0 Å².